The van der Waals surface area contributed by atoms with E-state index in [0.29, 0.717) is 18.3 Å². The van der Waals surface area contributed by atoms with Gasteiger partial charge in [-0.05, 0) is 30.0 Å². The SMILES string of the molecule is COC(C)c1n[nH]c(COc2ccc(C(C)(C)C)cc2)n1. The van der Waals surface area contributed by atoms with Gasteiger partial charge in [0.2, 0.25) is 0 Å². The lowest BCUT2D eigenvalue weighted by Gasteiger charge is -2.19. The normalized spacial score (nSPS) is 13.2. The van der Waals surface area contributed by atoms with Crippen molar-refractivity contribution in [2.24, 2.45) is 0 Å². The lowest BCUT2D eigenvalue weighted by molar-refractivity contribution is 0.112. The Bertz CT molecular complexity index is 570. The molecule has 0 saturated heterocycles. The third-order valence-corrected chi connectivity index (χ3v) is 3.36. The van der Waals surface area contributed by atoms with Gasteiger partial charge in [-0.2, -0.15) is 5.10 Å². The van der Waals surface area contributed by atoms with Crippen molar-refractivity contribution in [3.8, 4) is 5.75 Å². The zero-order valence-corrected chi connectivity index (χ0v) is 13.3. The molecule has 1 aromatic carbocycles. The summed E-state index contributed by atoms with van der Waals surface area (Å²) >= 11 is 0. The van der Waals surface area contributed by atoms with Crippen LogP contribution in [0.25, 0.3) is 0 Å². The highest BCUT2D eigenvalue weighted by Crippen LogP contribution is 2.24. The zero-order valence-electron chi connectivity index (χ0n) is 13.3. The lowest BCUT2D eigenvalue weighted by Crippen LogP contribution is -2.10. The van der Waals surface area contributed by atoms with E-state index in [-0.39, 0.29) is 11.5 Å². The summed E-state index contributed by atoms with van der Waals surface area (Å²) in [6, 6.07) is 8.15. The topological polar surface area (TPSA) is 60.0 Å². The maximum atomic E-state index is 5.71. The second-order valence-electron chi connectivity index (χ2n) is 6.08. The van der Waals surface area contributed by atoms with Crippen LogP contribution in [0, 0.1) is 0 Å². The smallest absolute Gasteiger partial charge is 0.179 e. The summed E-state index contributed by atoms with van der Waals surface area (Å²) in [6.07, 6.45) is -0.124. The zero-order chi connectivity index (χ0) is 15.5. The third kappa shape index (κ3) is 4.04. The number of aromatic nitrogens is 3. The predicted molar refractivity (Wildman–Crippen MR) is 81.3 cm³/mol. The number of ether oxygens (including phenoxy) is 2. The monoisotopic (exact) mass is 289 g/mol. The van der Waals surface area contributed by atoms with Gasteiger partial charge in [0.25, 0.3) is 0 Å². The molecule has 0 bridgehead atoms. The highest BCUT2D eigenvalue weighted by Gasteiger charge is 2.13. The maximum absolute atomic E-state index is 5.71. The molecule has 0 aliphatic heterocycles. The van der Waals surface area contributed by atoms with Crippen molar-refractivity contribution in [1.82, 2.24) is 15.2 Å². The van der Waals surface area contributed by atoms with Gasteiger partial charge in [0, 0.05) is 7.11 Å². The predicted octanol–water partition coefficient (Wildman–Crippen LogP) is 3.39. The molecule has 2 aromatic rings. The van der Waals surface area contributed by atoms with Crippen molar-refractivity contribution in [2.75, 3.05) is 7.11 Å². The number of H-pyrrole nitrogens is 1. The van der Waals surface area contributed by atoms with E-state index in [9.17, 15) is 0 Å². The molecule has 1 atom stereocenters. The van der Waals surface area contributed by atoms with E-state index < -0.39 is 0 Å². The van der Waals surface area contributed by atoms with Crippen molar-refractivity contribution in [3.05, 3.63) is 41.5 Å². The molecule has 5 nitrogen and oxygen atoms in total. The Hall–Kier alpha value is -1.88. The molecular formula is C16H23N3O2. The van der Waals surface area contributed by atoms with E-state index in [1.54, 1.807) is 7.11 Å². The molecule has 1 N–H and O–H groups in total. The minimum atomic E-state index is -0.124. The molecule has 1 aromatic heterocycles. The van der Waals surface area contributed by atoms with Crippen LogP contribution in [0.15, 0.2) is 24.3 Å². The number of benzene rings is 1. The number of hydrogen-bond donors (Lipinski definition) is 1. The van der Waals surface area contributed by atoms with E-state index in [1.165, 1.54) is 5.56 Å². The van der Waals surface area contributed by atoms with Gasteiger partial charge in [0.05, 0.1) is 0 Å². The molecule has 0 amide bonds. The van der Waals surface area contributed by atoms with Gasteiger partial charge in [-0.1, -0.05) is 32.9 Å². The summed E-state index contributed by atoms with van der Waals surface area (Å²) in [6.45, 7) is 8.83. The molecule has 1 heterocycles. The van der Waals surface area contributed by atoms with Crippen molar-refractivity contribution in [2.45, 2.75) is 45.8 Å². The summed E-state index contributed by atoms with van der Waals surface area (Å²) in [4.78, 5) is 4.34. The van der Waals surface area contributed by atoms with Crippen LogP contribution in [0.3, 0.4) is 0 Å². The van der Waals surface area contributed by atoms with Crippen LogP contribution in [0.1, 0.15) is 51.0 Å². The van der Waals surface area contributed by atoms with Gasteiger partial charge in [0.1, 0.15) is 18.5 Å². The molecule has 0 aliphatic rings. The highest BCUT2D eigenvalue weighted by atomic mass is 16.5. The number of nitrogens with one attached hydrogen (secondary N) is 1. The van der Waals surface area contributed by atoms with Crippen LogP contribution in [0.4, 0.5) is 0 Å². The Morgan fingerprint density at radius 3 is 2.43 bits per heavy atom. The number of aromatic amines is 1. The van der Waals surface area contributed by atoms with Gasteiger partial charge in [-0.3, -0.25) is 5.10 Å². The first-order valence-corrected chi connectivity index (χ1v) is 7.07. The number of hydrogen-bond acceptors (Lipinski definition) is 4. The highest BCUT2D eigenvalue weighted by molar-refractivity contribution is 5.31. The van der Waals surface area contributed by atoms with E-state index >= 15 is 0 Å². The molecule has 5 heteroatoms. The maximum Gasteiger partial charge on any atom is 0.179 e. The number of rotatable bonds is 5. The quantitative estimate of drug-likeness (QED) is 0.916. The fourth-order valence-electron chi connectivity index (χ4n) is 1.86. The first-order chi connectivity index (χ1) is 9.90. The van der Waals surface area contributed by atoms with Crippen molar-refractivity contribution >= 4 is 0 Å². The molecule has 0 saturated carbocycles. The molecule has 0 spiro atoms. The molecule has 0 aliphatic carbocycles. The summed E-state index contributed by atoms with van der Waals surface area (Å²) in [7, 11) is 1.63. The van der Waals surface area contributed by atoms with Crippen molar-refractivity contribution in [1.29, 1.82) is 0 Å². The molecule has 1 unspecified atom stereocenters. The molecule has 0 fully saturated rings. The average Bonchev–Trinajstić information content (AvgIpc) is 2.92. The molecule has 114 valence electrons. The van der Waals surface area contributed by atoms with Crippen LogP contribution in [0.5, 0.6) is 5.75 Å². The number of methoxy groups -OCH3 is 1. The lowest BCUT2D eigenvalue weighted by atomic mass is 9.87. The molecule has 0 radical (unpaired) electrons. The minimum absolute atomic E-state index is 0.124. The summed E-state index contributed by atoms with van der Waals surface area (Å²) in [5, 5.41) is 6.97. The average molecular weight is 289 g/mol. The van der Waals surface area contributed by atoms with E-state index in [4.69, 9.17) is 9.47 Å². The van der Waals surface area contributed by atoms with Gasteiger partial charge in [-0.15, -0.1) is 0 Å². The standard InChI is InChI=1S/C16H23N3O2/c1-11(20-5)15-17-14(18-19-15)10-21-13-8-6-12(7-9-13)16(2,3)4/h6-9,11H,10H2,1-5H3,(H,17,18,19). The fraction of sp³-hybridized carbons (Fsp3) is 0.500. The summed E-state index contributed by atoms with van der Waals surface area (Å²) in [5.41, 5.74) is 1.43. The Balaban J connectivity index is 1.95. The van der Waals surface area contributed by atoms with Gasteiger partial charge < -0.3 is 9.47 Å². The molecular weight excluding hydrogens is 266 g/mol. The van der Waals surface area contributed by atoms with Crippen molar-refractivity contribution in [3.63, 3.8) is 0 Å². The van der Waals surface area contributed by atoms with Gasteiger partial charge in [-0.25, -0.2) is 4.98 Å². The van der Waals surface area contributed by atoms with Crippen molar-refractivity contribution < 1.29 is 9.47 Å². The van der Waals surface area contributed by atoms with Gasteiger partial charge in [0.15, 0.2) is 11.6 Å². The van der Waals surface area contributed by atoms with E-state index in [0.717, 1.165) is 5.75 Å². The molecule has 2 rings (SSSR count). The second kappa shape index (κ2) is 6.26. The summed E-state index contributed by atoms with van der Waals surface area (Å²) < 4.78 is 10.9. The van der Waals surface area contributed by atoms with Crippen LogP contribution in [-0.2, 0) is 16.8 Å². The van der Waals surface area contributed by atoms with Crippen LogP contribution < -0.4 is 4.74 Å². The largest absolute Gasteiger partial charge is 0.486 e. The Kier molecular flexibility index (Phi) is 4.63. The summed E-state index contributed by atoms with van der Waals surface area (Å²) in [5.74, 6) is 2.15. The first kappa shape index (κ1) is 15.5. The Labute approximate surface area is 125 Å². The first-order valence-electron chi connectivity index (χ1n) is 7.07. The number of nitrogens with zero attached hydrogens (tertiary/aromatic N) is 2. The van der Waals surface area contributed by atoms with E-state index in [2.05, 4.69) is 48.1 Å². The second-order valence-corrected chi connectivity index (χ2v) is 6.08. The van der Waals surface area contributed by atoms with Crippen LogP contribution in [-0.4, -0.2) is 22.3 Å². The van der Waals surface area contributed by atoms with Gasteiger partial charge >= 0.3 is 0 Å². The van der Waals surface area contributed by atoms with E-state index in [1.807, 2.05) is 19.1 Å². The minimum Gasteiger partial charge on any atom is -0.486 e. The Morgan fingerprint density at radius 1 is 1.19 bits per heavy atom. The molecule has 21 heavy (non-hydrogen) atoms. The van der Waals surface area contributed by atoms with Crippen LogP contribution >= 0.6 is 0 Å². The fourth-order valence-corrected chi connectivity index (χ4v) is 1.86. The van der Waals surface area contributed by atoms with Crippen LogP contribution in [0.2, 0.25) is 0 Å². The Morgan fingerprint density at radius 2 is 1.86 bits per heavy atom. The third-order valence-electron chi connectivity index (χ3n) is 3.36.